The van der Waals surface area contributed by atoms with Gasteiger partial charge in [0.1, 0.15) is 0 Å². The Hall–Kier alpha value is -2.43. The molecule has 0 aliphatic rings. The summed E-state index contributed by atoms with van der Waals surface area (Å²) in [4.78, 5) is 4.74. The second-order valence-corrected chi connectivity index (χ2v) is 7.26. The van der Waals surface area contributed by atoms with E-state index in [0.29, 0.717) is 0 Å². The van der Waals surface area contributed by atoms with Crippen LogP contribution in [0, 0.1) is 13.8 Å². The Morgan fingerprint density at radius 2 is 1.41 bits per heavy atom. The van der Waals surface area contributed by atoms with Crippen LogP contribution in [0.15, 0.2) is 78.2 Å². The quantitative estimate of drug-likeness (QED) is 0.359. The number of nitrogens with zero attached hydrogens (tertiary/aromatic N) is 1. The maximum Gasteiger partial charge on any atom is 0.187 e. The van der Waals surface area contributed by atoms with Gasteiger partial charge in [-0.05, 0) is 48.2 Å². The van der Waals surface area contributed by atoms with Gasteiger partial charge in [-0.1, -0.05) is 60.7 Å². The first-order valence-corrected chi connectivity index (χ1v) is 9.53. The number of halogens is 1. The highest BCUT2D eigenvalue weighted by atomic mass is 79.9. The SMILES string of the molecule is Br.Cc1ccc(Nc2nc(-c3ccc(-c4ccccc4)cc3)cs2)cc1C. The Bertz CT molecular complexity index is 1020. The van der Waals surface area contributed by atoms with E-state index in [2.05, 4.69) is 91.3 Å². The molecule has 2 nitrogen and oxygen atoms in total. The van der Waals surface area contributed by atoms with Crippen LogP contribution in [0.5, 0.6) is 0 Å². The molecule has 27 heavy (non-hydrogen) atoms. The number of rotatable bonds is 4. The fourth-order valence-electron chi connectivity index (χ4n) is 2.87. The van der Waals surface area contributed by atoms with Crippen molar-refractivity contribution in [2.75, 3.05) is 5.32 Å². The summed E-state index contributed by atoms with van der Waals surface area (Å²) in [6.45, 7) is 4.25. The lowest BCUT2D eigenvalue weighted by atomic mass is 10.0. The number of aryl methyl sites for hydroxylation is 2. The summed E-state index contributed by atoms with van der Waals surface area (Å²) in [6, 6.07) is 25.4. The normalized spacial score (nSPS) is 10.3. The lowest BCUT2D eigenvalue weighted by Gasteiger charge is -2.06. The van der Waals surface area contributed by atoms with Crippen LogP contribution in [0.2, 0.25) is 0 Å². The first-order valence-electron chi connectivity index (χ1n) is 8.65. The van der Waals surface area contributed by atoms with Crippen molar-refractivity contribution in [3.63, 3.8) is 0 Å². The summed E-state index contributed by atoms with van der Waals surface area (Å²) in [5, 5.41) is 6.42. The largest absolute Gasteiger partial charge is 0.332 e. The third-order valence-electron chi connectivity index (χ3n) is 4.55. The number of benzene rings is 3. The lowest BCUT2D eigenvalue weighted by molar-refractivity contribution is 1.33. The zero-order valence-electron chi connectivity index (χ0n) is 15.3. The molecule has 0 radical (unpaired) electrons. The van der Waals surface area contributed by atoms with Crippen molar-refractivity contribution < 1.29 is 0 Å². The molecule has 4 heteroatoms. The van der Waals surface area contributed by atoms with Crippen LogP contribution < -0.4 is 5.32 Å². The van der Waals surface area contributed by atoms with E-state index in [9.17, 15) is 0 Å². The molecular weight excluding hydrogens is 416 g/mol. The summed E-state index contributed by atoms with van der Waals surface area (Å²) in [7, 11) is 0. The molecule has 0 spiro atoms. The van der Waals surface area contributed by atoms with Crippen LogP contribution >= 0.6 is 28.3 Å². The van der Waals surface area contributed by atoms with Crippen molar-refractivity contribution in [3.05, 3.63) is 89.3 Å². The molecule has 4 rings (SSSR count). The molecule has 1 N–H and O–H groups in total. The van der Waals surface area contributed by atoms with Gasteiger partial charge in [0, 0.05) is 16.6 Å². The molecule has 4 aromatic rings. The smallest absolute Gasteiger partial charge is 0.187 e. The third kappa shape index (κ3) is 4.46. The van der Waals surface area contributed by atoms with E-state index < -0.39 is 0 Å². The van der Waals surface area contributed by atoms with Crippen LogP contribution in [0.4, 0.5) is 10.8 Å². The van der Waals surface area contributed by atoms with Crippen LogP contribution in [-0.2, 0) is 0 Å². The Labute approximate surface area is 174 Å². The highest BCUT2D eigenvalue weighted by molar-refractivity contribution is 8.93. The average Bonchev–Trinajstić information content (AvgIpc) is 3.14. The summed E-state index contributed by atoms with van der Waals surface area (Å²) >= 11 is 1.63. The fourth-order valence-corrected chi connectivity index (χ4v) is 3.61. The fraction of sp³-hybridized carbons (Fsp3) is 0.0870. The van der Waals surface area contributed by atoms with Crippen molar-refractivity contribution in [2.24, 2.45) is 0 Å². The van der Waals surface area contributed by atoms with Gasteiger partial charge in [-0.15, -0.1) is 28.3 Å². The average molecular weight is 437 g/mol. The first kappa shape index (κ1) is 19.3. The Morgan fingerprint density at radius 3 is 2.11 bits per heavy atom. The molecule has 0 unspecified atom stereocenters. The molecule has 0 bridgehead atoms. The van der Waals surface area contributed by atoms with E-state index in [0.717, 1.165) is 22.1 Å². The van der Waals surface area contributed by atoms with Crippen LogP contribution in [0.3, 0.4) is 0 Å². The molecule has 1 aromatic heterocycles. The van der Waals surface area contributed by atoms with Gasteiger partial charge in [0.15, 0.2) is 5.13 Å². The van der Waals surface area contributed by atoms with Gasteiger partial charge in [-0.2, -0.15) is 0 Å². The summed E-state index contributed by atoms with van der Waals surface area (Å²) in [5.74, 6) is 0. The summed E-state index contributed by atoms with van der Waals surface area (Å²) < 4.78 is 0. The number of hydrogen-bond donors (Lipinski definition) is 1. The van der Waals surface area contributed by atoms with Crippen molar-refractivity contribution in [3.8, 4) is 22.4 Å². The zero-order valence-corrected chi connectivity index (χ0v) is 17.8. The van der Waals surface area contributed by atoms with Gasteiger partial charge in [-0.25, -0.2) is 4.98 Å². The molecule has 1 heterocycles. The molecule has 0 aliphatic carbocycles. The minimum Gasteiger partial charge on any atom is -0.332 e. The Kier molecular flexibility index (Phi) is 6.09. The van der Waals surface area contributed by atoms with E-state index in [1.165, 1.54) is 22.3 Å². The number of thiazole rings is 1. The molecule has 136 valence electrons. The second-order valence-electron chi connectivity index (χ2n) is 6.41. The van der Waals surface area contributed by atoms with E-state index >= 15 is 0 Å². The maximum absolute atomic E-state index is 4.74. The number of anilines is 2. The number of aromatic nitrogens is 1. The molecule has 0 saturated carbocycles. The van der Waals surface area contributed by atoms with E-state index in [1.54, 1.807) is 11.3 Å². The Balaban J connectivity index is 0.00000210. The van der Waals surface area contributed by atoms with Gasteiger partial charge in [0.25, 0.3) is 0 Å². The first-order chi connectivity index (χ1) is 12.7. The van der Waals surface area contributed by atoms with Gasteiger partial charge in [0.2, 0.25) is 0 Å². The third-order valence-corrected chi connectivity index (χ3v) is 5.31. The van der Waals surface area contributed by atoms with Gasteiger partial charge >= 0.3 is 0 Å². The van der Waals surface area contributed by atoms with Gasteiger partial charge in [-0.3, -0.25) is 0 Å². The minimum absolute atomic E-state index is 0. The van der Waals surface area contributed by atoms with Crippen molar-refractivity contribution in [1.29, 1.82) is 0 Å². The molecule has 0 saturated heterocycles. The van der Waals surface area contributed by atoms with E-state index in [-0.39, 0.29) is 17.0 Å². The van der Waals surface area contributed by atoms with Crippen molar-refractivity contribution >= 4 is 39.1 Å². The van der Waals surface area contributed by atoms with Crippen molar-refractivity contribution in [1.82, 2.24) is 4.98 Å². The topological polar surface area (TPSA) is 24.9 Å². The molecule has 0 atom stereocenters. The molecule has 3 aromatic carbocycles. The van der Waals surface area contributed by atoms with Crippen LogP contribution in [0.25, 0.3) is 22.4 Å². The van der Waals surface area contributed by atoms with Crippen LogP contribution in [-0.4, -0.2) is 4.98 Å². The zero-order chi connectivity index (χ0) is 17.9. The number of nitrogens with one attached hydrogen (secondary N) is 1. The number of hydrogen-bond acceptors (Lipinski definition) is 3. The monoisotopic (exact) mass is 436 g/mol. The van der Waals surface area contributed by atoms with Crippen molar-refractivity contribution in [2.45, 2.75) is 13.8 Å². The standard InChI is InChI=1S/C23H20N2S.BrH/c1-16-8-13-21(14-17(16)2)24-23-25-22(15-26-23)20-11-9-19(10-12-20)18-6-4-3-5-7-18;/h3-15H,1-2H3,(H,24,25);1H. The maximum atomic E-state index is 4.74. The van der Waals surface area contributed by atoms with E-state index in [4.69, 9.17) is 4.98 Å². The van der Waals surface area contributed by atoms with E-state index in [1.807, 2.05) is 6.07 Å². The highest BCUT2D eigenvalue weighted by Crippen LogP contribution is 2.29. The summed E-state index contributed by atoms with van der Waals surface area (Å²) in [5.41, 5.74) is 8.24. The van der Waals surface area contributed by atoms with Gasteiger partial charge < -0.3 is 5.32 Å². The van der Waals surface area contributed by atoms with Crippen LogP contribution in [0.1, 0.15) is 11.1 Å². The predicted molar refractivity (Wildman–Crippen MR) is 123 cm³/mol. The van der Waals surface area contributed by atoms with Gasteiger partial charge in [0.05, 0.1) is 5.69 Å². The molecule has 0 aliphatic heterocycles. The molecule has 0 fully saturated rings. The predicted octanol–water partition coefficient (Wildman–Crippen LogP) is 7.42. The highest BCUT2D eigenvalue weighted by Gasteiger charge is 2.06. The second kappa shape index (κ2) is 8.51. The Morgan fingerprint density at radius 1 is 0.741 bits per heavy atom. The molecular formula is C23H21BrN2S. The molecule has 0 amide bonds. The summed E-state index contributed by atoms with van der Waals surface area (Å²) in [6.07, 6.45) is 0. The minimum atomic E-state index is 0. The lowest BCUT2D eigenvalue weighted by Crippen LogP contribution is -1.91.